The van der Waals surface area contributed by atoms with Crippen LogP contribution in [0.25, 0.3) is 0 Å². The van der Waals surface area contributed by atoms with Crippen LogP contribution < -0.4 is 0 Å². The minimum Gasteiger partial charge on any atom is -0.375 e. The van der Waals surface area contributed by atoms with Gasteiger partial charge in [0.25, 0.3) is 0 Å². The molecule has 3 aliphatic rings. The quantitative estimate of drug-likeness (QED) is 0.663. The lowest BCUT2D eigenvalue weighted by Gasteiger charge is -2.49. The van der Waals surface area contributed by atoms with Crippen molar-refractivity contribution in [2.75, 3.05) is 32.7 Å². The zero-order valence-corrected chi connectivity index (χ0v) is 18.0. The maximum Gasteiger partial charge on any atom is 0.0603 e. The maximum atomic E-state index is 6.01. The summed E-state index contributed by atoms with van der Waals surface area (Å²) in [6.45, 7) is 15.8. The van der Waals surface area contributed by atoms with E-state index in [0.29, 0.717) is 17.7 Å². The van der Waals surface area contributed by atoms with Crippen LogP contribution in [0.4, 0.5) is 0 Å². The highest BCUT2D eigenvalue weighted by molar-refractivity contribution is 4.92. The van der Waals surface area contributed by atoms with Crippen molar-refractivity contribution in [3.05, 3.63) is 0 Å². The molecule has 0 amide bonds. The summed E-state index contributed by atoms with van der Waals surface area (Å²) in [6.07, 6.45) is 13.4. The Morgan fingerprint density at radius 3 is 2.04 bits per heavy atom. The molecule has 3 nitrogen and oxygen atoms in total. The molecular weight excluding hydrogens is 320 g/mol. The summed E-state index contributed by atoms with van der Waals surface area (Å²) in [5.74, 6) is 1.84. The van der Waals surface area contributed by atoms with E-state index in [9.17, 15) is 0 Å². The van der Waals surface area contributed by atoms with Crippen molar-refractivity contribution in [1.82, 2.24) is 9.80 Å². The topological polar surface area (TPSA) is 15.7 Å². The SMILES string of the molecule is CC(C)OC1CCN(CC2CCN(C(C)(C)C3CCCCC3)CC2)CC1. The largest absolute Gasteiger partial charge is 0.375 e. The minimum absolute atomic E-state index is 0.378. The molecule has 0 unspecified atom stereocenters. The first kappa shape index (κ1) is 20.6. The normalized spacial score (nSPS) is 26.7. The molecule has 0 aromatic heterocycles. The standard InChI is InChI=1S/C23H44N2O/c1-19(2)26-22-12-14-24(15-13-22)18-20-10-16-25(17-11-20)23(3,4)21-8-6-5-7-9-21/h19-22H,5-18H2,1-4H3. The molecule has 2 heterocycles. The number of hydrogen-bond acceptors (Lipinski definition) is 3. The predicted octanol–water partition coefficient (Wildman–Crippen LogP) is 4.95. The van der Waals surface area contributed by atoms with Gasteiger partial charge in [0, 0.05) is 25.2 Å². The van der Waals surface area contributed by atoms with Crippen LogP contribution in [-0.4, -0.2) is 60.3 Å². The molecular formula is C23H44N2O. The van der Waals surface area contributed by atoms with Crippen LogP contribution in [-0.2, 0) is 4.74 Å². The number of nitrogens with zero attached hydrogens (tertiary/aromatic N) is 2. The van der Waals surface area contributed by atoms with Crippen LogP contribution in [0.15, 0.2) is 0 Å². The highest BCUT2D eigenvalue weighted by Gasteiger charge is 2.37. The molecule has 0 aromatic rings. The van der Waals surface area contributed by atoms with Crippen LogP contribution in [0, 0.1) is 11.8 Å². The molecule has 152 valence electrons. The number of rotatable bonds is 6. The van der Waals surface area contributed by atoms with Gasteiger partial charge in [-0.3, -0.25) is 4.90 Å². The third-order valence-electron chi connectivity index (χ3n) is 7.55. The molecule has 3 heteroatoms. The van der Waals surface area contributed by atoms with Gasteiger partial charge in [0.15, 0.2) is 0 Å². The number of piperidine rings is 2. The molecule has 0 bridgehead atoms. The van der Waals surface area contributed by atoms with Gasteiger partial charge in [-0.15, -0.1) is 0 Å². The first-order valence-corrected chi connectivity index (χ1v) is 11.6. The lowest BCUT2D eigenvalue weighted by molar-refractivity contribution is -0.0323. The molecule has 2 saturated heterocycles. The van der Waals surface area contributed by atoms with Gasteiger partial charge >= 0.3 is 0 Å². The zero-order valence-electron chi connectivity index (χ0n) is 18.0. The second kappa shape index (κ2) is 9.39. The van der Waals surface area contributed by atoms with E-state index >= 15 is 0 Å². The molecule has 0 spiro atoms. The van der Waals surface area contributed by atoms with E-state index in [-0.39, 0.29) is 0 Å². The first-order valence-electron chi connectivity index (χ1n) is 11.6. The third-order valence-corrected chi connectivity index (χ3v) is 7.55. The average Bonchev–Trinajstić information content (AvgIpc) is 2.64. The fraction of sp³-hybridized carbons (Fsp3) is 1.00. The fourth-order valence-electron chi connectivity index (χ4n) is 5.74. The van der Waals surface area contributed by atoms with Gasteiger partial charge in [-0.1, -0.05) is 19.3 Å². The Kier molecular flexibility index (Phi) is 7.44. The molecule has 2 aliphatic heterocycles. The van der Waals surface area contributed by atoms with Crippen molar-refractivity contribution in [2.45, 2.75) is 103 Å². The van der Waals surface area contributed by atoms with Crippen molar-refractivity contribution < 1.29 is 4.74 Å². The van der Waals surface area contributed by atoms with E-state index in [0.717, 1.165) is 11.8 Å². The van der Waals surface area contributed by atoms with Crippen molar-refractivity contribution in [3.8, 4) is 0 Å². The van der Waals surface area contributed by atoms with Crippen LogP contribution in [0.5, 0.6) is 0 Å². The molecule has 26 heavy (non-hydrogen) atoms. The Morgan fingerprint density at radius 2 is 1.46 bits per heavy atom. The van der Waals surface area contributed by atoms with Gasteiger partial charge in [-0.25, -0.2) is 0 Å². The average molecular weight is 365 g/mol. The third kappa shape index (κ3) is 5.45. The van der Waals surface area contributed by atoms with E-state index < -0.39 is 0 Å². The van der Waals surface area contributed by atoms with Crippen LogP contribution in [0.2, 0.25) is 0 Å². The van der Waals surface area contributed by atoms with Gasteiger partial charge < -0.3 is 9.64 Å². The summed E-state index contributed by atoms with van der Waals surface area (Å²) in [6, 6.07) is 0. The Labute approximate surface area is 162 Å². The molecule has 3 fully saturated rings. The fourth-order valence-corrected chi connectivity index (χ4v) is 5.74. The minimum atomic E-state index is 0.378. The summed E-state index contributed by atoms with van der Waals surface area (Å²) >= 11 is 0. The Bertz CT molecular complexity index is 400. The summed E-state index contributed by atoms with van der Waals surface area (Å²) in [7, 11) is 0. The van der Waals surface area contributed by atoms with E-state index in [2.05, 4.69) is 37.5 Å². The number of ether oxygens (including phenoxy) is 1. The monoisotopic (exact) mass is 364 g/mol. The Balaban J connectivity index is 1.39. The van der Waals surface area contributed by atoms with Gasteiger partial charge in [0.1, 0.15) is 0 Å². The Morgan fingerprint density at radius 1 is 0.846 bits per heavy atom. The zero-order chi connectivity index (χ0) is 18.6. The maximum absolute atomic E-state index is 6.01. The van der Waals surface area contributed by atoms with E-state index in [1.807, 2.05) is 0 Å². The second-order valence-electron chi connectivity index (χ2n) is 10.1. The lowest BCUT2D eigenvalue weighted by atomic mass is 9.75. The highest BCUT2D eigenvalue weighted by Crippen LogP contribution is 2.38. The van der Waals surface area contributed by atoms with Crippen LogP contribution in [0.1, 0.15) is 85.5 Å². The highest BCUT2D eigenvalue weighted by atomic mass is 16.5. The van der Waals surface area contributed by atoms with Crippen molar-refractivity contribution in [1.29, 1.82) is 0 Å². The lowest BCUT2D eigenvalue weighted by Crippen LogP contribution is -2.53. The summed E-state index contributed by atoms with van der Waals surface area (Å²) in [4.78, 5) is 5.55. The smallest absolute Gasteiger partial charge is 0.0603 e. The second-order valence-corrected chi connectivity index (χ2v) is 10.1. The number of hydrogen-bond donors (Lipinski definition) is 0. The number of likely N-dealkylation sites (tertiary alicyclic amines) is 2. The molecule has 0 aromatic carbocycles. The molecule has 1 aliphatic carbocycles. The predicted molar refractivity (Wildman–Crippen MR) is 111 cm³/mol. The van der Waals surface area contributed by atoms with E-state index in [1.165, 1.54) is 90.5 Å². The van der Waals surface area contributed by atoms with Crippen molar-refractivity contribution in [2.24, 2.45) is 11.8 Å². The molecule has 1 saturated carbocycles. The summed E-state index contributed by atoms with van der Waals surface area (Å²) < 4.78 is 6.01. The molecule has 0 radical (unpaired) electrons. The van der Waals surface area contributed by atoms with Gasteiger partial charge in [-0.05, 0) is 91.1 Å². The van der Waals surface area contributed by atoms with Gasteiger partial charge in [-0.2, -0.15) is 0 Å². The van der Waals surface area contributed by atoms with Crippen molar-refractivity contribution in [3.63, 3.8) is 0 Å². The summed E-state index contributed by atoms with van der Waals surface area (Å²) in [5.41, 5.74) is 0.415. The van der Waals surface area contributed by atoms with Crippen molar-refractivity contribution >= 4 is 0 Å². The van der Waals surface area contributed by atoms with Crippen LogP contribution >= 0.6 is 0 Å². The Hall–Kier alpha value is -0.120. The molecule has 0 N–H and O–H groups in total. The van der Waals surface area contributed by atoms with E-state index in [4.69, 9.17) is 4.74 Å². The molecule has 0 atom stereocenters. The molecule has 3 rings (SSSR count). The van der Waals surface area contributed by atoms with Crippen LogP contribution in [0.3, 0.4) is 0 Å². The summed E-state index contributed by atoms with van der Waals surface area (Å²) in [5, 5.41) is 0. The van der Waals surface area contributed by atoms with Gasteiger partial charge in [0.05, 0.1) is 12.2 Å². The first-order chi connectivity index (χ1) is 12.4. The van der Waals surface area contributed by atoms with E-state index in [1.54, 1.807) is 0 Å². The van der Waals surface area contributed by atoms with Gasteiger partial charge in [0.2, 0.25) is 0 Å².